The fraction of sp³-hybridized carbons (Fsp3) is 1.00. The molecule has 0 aliphatic heterocycles. The zero-order chi connectivity index (χ0) is 8.15. The lowest BCUT2D eigenvalue weighted by Gasteiger charge is -2.19. The van der Waals surface area contributed by atoms with E-state index in [9.17, 15) is 0 Å². The first-order valence-electron chi connectivity index (χ1n) is 3.63. The third-order valence-electron chi connectivity index (χ3n) is 1.57. The van der Waals surface area contributed by atoms with Gasteiger partial charge in [-0.2, -0.15) is 0 Å². The van der Waals surface area contributed by atoms with Crippen molar-refractivity contribution in [2.45, 2.75) is 44.3 Å². The Morgan fingerprint density at radius 3 is 1.60 bits per heavy atom. The summed E-state index contributed by atoms with van der Waals surface area (Å²) in [7, 11) is 0. The van der Waals surface area contributed by atoms with Crippen molar-refractivity contribution >= 4 is 11.6 Å². The number of hydrogen-bond acceptors (Lipinski definition) is 2. The van der Waals surface area contributed by atoms with Crippen LogP contribution < -0.4 is 0 Å². The molecule has 0 aromatic carbocycles. The highest BCUT2D eigenvalue weighted by atomic mass is 35.5. The quantitative estimate of drug-likeness (QED) is 0.615. The summed E-state index contributed by atoms with van der Waals surface area (Å²) < 4.78 is 0. The van der Waals surface area contributed by atoms with Crippen LogP contribution in [-0.2, 0) is 0 Å². The van der Waals surface area contributed by atoms with Crippen LogP contribution in [0, 0.1) is 0 Å². The summed E-state index contributed by atoms with van der Waals surface area (Å²) in [6.07, 6.45) is 0.00410. The molecule has 10 heavy (non-hydrogen) atoms. The van der Waals surface area contributed by atoms with Crippen LogP contribution in [-0.4, -0.2) is 27.8 Å². The van der Waals surface area contributed by atoms with Crippen LogP contribution in [0.25, 0.3) is 0 Å². The van der Waals surface area contributed by atoms with Gasteiger partial charge in [-0.05, 0) is 12.8 Å². The highest BCUT2D eigenvalue weighted by molar-refractivity contribution is 6.21. The molecular formula is C7H15ClO2. The normalized spacial score (nSPS) is 20.1. The second-order valence-corrected chi connectivity index (χ2v) is 2.90. The smallest absolute Gasteiger partial charge is 0.0853 e. The first-order chi connectivity index (χ1) is 4.63. The van der Waals surface area contributed by atoms with E-state index in [4.69, 9.17) is 21.8 Å². The van der Waals surface area contributed by atoms with Gasteiger partial charge in [-0.1, -0.05) is 13.8 Å². The second-order valence-electron chi connectivity index (χ2n) is 2.40. The van der Waals surface area contributed by atoms with Gasteiger partial charge >= 0.3 is 0 Å². The van der Waals surface area contributed by atoms with Crippen molar-refractivity contribution in [2.75, 3.05) is 0 Å². The third kappa shape index (κ3) is 2.86. The molecule has 0 aromatic rings. The van der Waals surface area contributed by atoms with E-state index in [-0.39, 0.29) is 0 Å². The molecule has 0 aliphatic carbocycles. The number of aliphatic hydroxyl groups is 2. The Hall–Kier alpha value is 0.210. The Morgan fingerprint density at radius 2 is 1.40 bits per heavy atom. The van der Waals surface area contributed by atoms with E-state index in [1.807, 2.05) is 13.8 Å². The molecule has 1 unspecified atom stereocenters. The minimum absolute atomic E-state index is 0.519. The Kier molecular flexibility index (Phi) is 5.04. The average molecular weight is 167 g/mol. The van der Waals surface area contributed by atoms with Crippen molar-refractivity contribution in [3.05, 3.63) is 0 Å². The lowest BCUT2D eigenvalue weighted by atomic mass is 10.1. The summed E-state index contributed by atoms with van der Waals surface area (Å²) in [5, 5.41) is 17.8. The molecular weight excluding hydrogens is 152 g/mol. The molecule has 62 valence electrons. The summed E-state index contributed by atoms with van der Waals surface area (Å²) >= 11 is 5.68. The molecule has 0 rings (SSSR count). The van der Waals surface area contributed by atoms with Crippen molar-refractivity contribution < 1.29 is 10.2 Å². The van der Waals surface area contributed by atoms with Crippen LogP contribution in [0.3, 0.4) is 0 Å². The second kappa shape index (κ2) is 4.94. The van der Waals surface area contributed by atoms with Crippen LogP contribution >= 0.6 is 11.6 Å². The van der Waals surface area contributed by atoms with Crippen molar-refractivity contribution in [1.82, 2.24) is 0 Å². The Balaban J connectivity index is 3.69. The number of halogens is 1. The van der Waals surface area contributed by atoms with Crippen LogP contribution in [0.1, 0.15) is 26.7 Å². The van der Waals surface area contributed by atoms with Gasteiger partial charge in [0.1, 0.15) is 0 Å². The zero-order valence-corrected chi connectivity index (χ0v) is 7.17. The summed E-state index contributed by atoms with van der Waals surface area (Å²) in [6, 6.07) is 0. The van der Waals surface area contributed by atoms with Crippen LogP contribution in [0.2, 0.25) is 0 Å². The fourth-order valence-corrected chi connectivity index (χ4v) is 1.06. The summed E-state index contributed by atoms with van der Waals surface area (Å²) in [5.74, 6) is 0. The largest absolute Gasteiger partial charge is 0.391 e. The molecule has 0 heterocycles. The van der Waals surface area contributed by atoms with Gasteiger partial charge in [0.2, 0.25) is 0 Å². The van der Waals surface area contributed by atoms with Crippen molar-refractivity contribution in [3.8, 4) is 0 Å². The van der Waals surface area contributed by atoms with E-state index in [1.165, 1.54) is 0 Å². The fourth-order valence-electron chi connectivity index (χ4n) is 0.707. The maximum absolute atomic E-state index is 9.14. The number of hydrogen-bond donors (Lipinski definition) is 2. The zero-order valence-electron chi connectivity index (χ0n) is 6.42. The van der Waals surface area contributed by atoms with Crippen LogP contribution in [0.5, 0.6) is 0 Å². The van der Waals surface area contributed by atoms with Crippen LogP contribution in [0.15, 0.2) is 0 Å². The van der Waals surface area contributed by atoms with Gasteiger partial charge in [-0.25, -0.2) is 0 Å². The molecule has 0 aliphatic rings. The van der Waals surface area contributed by atoms with Crippen molar-refractivity contribution in [1.29, 1.82) is 0 Å². The Morgan fingerprint density at radius 1 is 1.10 bits per heavy atom. The van der Waals surface area contributed by atoms with Crippen molar-refractivity contribution in [2.24, 2.45) is 0 Å². The third-order valence-corrected chi connectivity index (χ3v) is 2.15. The maximum atomic E-state index is 9.14. The van der Waals surface area contributed by atoms with Gasteiger partial charge in [0.15, 0.2) is 0 Å². The van der Waals surface area contributed by atoms with Gasteiger partial charge in [0.05, 0.1) is 17.6 Å². The molecule has 0 spiro atoms. The van der Waals surface area contributed by atoms with Gasteiger partial charge in [0, 0.05) is 0 Å². The summed E-state index contributed by atoms with van der Waals surface area (Å²) in [4.78, 5) is 0. The number of alkyl halides is 1. The van der Waals surface area contributed by atoms with Gasteiger partial charge in [0.25, 0.3) is 0 Å². The Labute approximate surface area is 66.8 Å². The molecule has 0 aromatic heterocycles. The predicted octanol–water partition coefficient (Wildman–Crippen LogP) is 1.14. The molecule has 3 atom stereocenters. The molecule has 0 amide bonds. The van der Waals surface area contributed by atoms with Gasteiger partial charge < -0.3 is 10.2 Å². The minimum atomic E-state index is -0.586. The number of rotatable bonds is 4. The van der Waals surface area contributed by atoms with E-state index >= 15 is 0 Å². The molecule has 2 nitrogen and oxygen atoms in total. The van der Waals surface area contributed by atoms with E-state index in [2.05, 4.69) is 0 Å². The first-order valence-corrected chi connectivity index (χ1v) is 4.07. The average Bonchev–Trinajstić information content (AvgIpc) is 2.00. The number of aliphatic hydroxyl groups excluding tert-OH is 2. The molecule has 0 saturated carbocycles. The topological polar surface area (TPSA) is 40.5 Å². The Bertz CT molecular complexity index is 77.7. The highest BCUT2D eigenvalue weighted by Crippen LogP contribution is 2.13. The summed E-state index contributed by atoms with van der Waals surface area (Å²) in [6.45, 7) is 3.67. The molecule has 2 N–H and O–H groups in total. The predicted molar refractivity (Wildman–Crippen MR) is 42.2 cm³/mol. The first kappa shape index (κ1) is 10.2. The lowest BCUT2D eigenvalue weighted by Crippen LogP contribution is -2.31. The van der Waals surface area contributed by atoms with Gasteiger partial charge in [-0.15, -0.1) is 11.6 Å². The standard InChI is InChI=1S/C7H15ClO2/c1-3-5(9)7(8)6(10)4-2/h5-7,9-10H,3-4H2,1-2H3/t5-,6+,7?. The molecule has 0 radical (unpaired) electrons. The van der Waals surface area contributed by atoms with E-state index in [0.717, 1.165) is 0 Å². The molecule has 0 bridgehead atoms. The monoisotopic (exact) mass is 166 g/mol. The maximum Gasteiger partial charge on any atom is 0.0853 e. The molecule has 0 fully saturated rings. The van der Waals surface area contributed by atoms with Crippen LogP contribution in [0.4, 0.5) is 0 Å². The summed E-state index contributed by atoms with van der Waals surface area (Å²) in [5.41, 5.74) is 0. The van der Waals surface area contributed by atoms with E-state index < -0.39 is 17.6 Å². The van der Waals surface area contributed by atoms with Crippen molar-refractivity contribution in [3.63, 3.8) is 0 Å². The van der Waals surface area contributed by atoms with E-state index in [1.54, 1.807) is 0 Å². The molecule has 3 heteroatoms. The van der Waals surface area contributed by atoms with Gasteiger partial charge in [-0.3, -0.25) is 0 Å². The van der Waals surface area contributed by atoms with E-state index in [0.29, 0.717) is 12.8 Å². The lowest BCUT2D eigenvalue weighted by molar-refractivity contribution is 0.0817. The SMILES string of the molecule is CC[C@@H](O)C(Cl)[C@@H](O)CC. The minimum Gasteiger partial charge on any atom is -0.391 e. The highest BCUT2D eigenvalue weighted by Gasteiger charge is 2.21. The molecule has 0 saturated heterocycles.